The SMILES string of the molecule is C[C@H](c1ccc(F)c(F)c1)N(C)Cc1cc(=O)n2cc(Cl)ccc2n1. The van der Waals surface area contributed by atoms with Gasteiger partial charge in [-0.1, -0.05) is 17.7 Å². The fourth-order valence-corrected chi connectivity index (χ4v) is 2.79. The van der Waals surface area contributed by atoms with Gasteiger partial charge >= 0.3 is 0 Å². The minimum absolute atomic E-state index is 0.180. The van der Waals surface area contributed by atoms with Crippen LogP contribution in [-0.2, 0) is 6.54 Å². The van der Waals surface area contributed by atoms with Gasteiger partial charge in [0.2, 0.25) is 0 Å². The van der Waals surface area contributed by atoms with Crippen LogP contribution in [0.4, 0.5) is 8.78 Å². The predicted molar refractivity (Wildman–Crippen MR) is 92.7 cm³/mol. The standard InChI is InChI=1S/C18H16ClF2N3O/c1-11(12-3-5-15(20)16(21)7-12)23(2)10-14-8-18(25)24-9-13(19)4-6-17(24)22-14/h3-9,11H,10H2,1-2H3/t11-/m1/s1. The van der Waals surface area contributed by atoms with E-state index in [1.165, 1.54) is 22.7 Å². The van der Waals surface area contributed by atoms with Crippen LogP contribution in [0.25, 0.3) is 5.65 Å². The number of aromatic nitrogens is 2. The number of halogens is 3. The molecule has 7 heteroatoms. The number of rotatable bonds is 4. The maximum Gasteiger partial charge on any atom is 0.258 e. The molecule has 0 aliphatic rings. The normalized spacial score (nSPS) is 12.7. The maximum absolute atomic E-state index is 13.4. The monoisotopic (exact) mass is 363 g/mol. The summed E-state index contributed by atoms with van der Waals surface area (Å²) in [5.74, 6) is -1.75. The Morgan fingerprint density at radius 1 is 1.20 bits per heavy atom. The summed E-state index contributed by atoms with van der Waals surface area (Å²) < 4.78 is 27.9. The number of hydrogen-bond donors (Lipinski definition) is 0. The van der Waals surface area contributed by atoms with Gasteiger partial charge in [-0.25, -0.2) is 13.8 Å². The van der Waals surface area contributed by atoms with Crippen LogP contribution in [0.1, 0.15) is 24.2 Å². The first kappa shape index (κ1) is 17.5. The molecule has 0 saturated carbocycles. The minimum atomic E-state index is -0.878. The Kier molecular flexibility index (Phi) is 4.83. The molecule has 2 heterocycles. The molecule has 3 rings (SSSR count). The van der Waals surface area contributed by atoms with Crippen molar-refractivity contribution in [3.05, 3.63) is 80.9 Å². The van der Waals surface area contributed by atoms with Crippen molar-refractivity contribution in [3.8, 4) is 0 Å². The van der Waals surface area contributed by atoms with E-state index in [9.17, 15) is 13.6 Å². The van der Waals surface area contributed by atoms with Crippen molar-refractivity contribution < 1.29 is 8.78 Å². The van der Waals surface area contributed by atoms with Crippen LogP contribution in [0.5, 0.6) is 0 Å². The van der Waals surface area contributed by atoms with Crippen molar-refractivity contribution in [2.24, 2.45) is 0 Å². The van der Waals surface area contributed by atoms with E-state index in [0.717, 1.165) is 6.07 Å². The van der Waals surface area contributed by atoms with Gasteiger partial charge in [0.15, 0.2) is 11.6 Å². The smallest absolute Gasteiger partial charge is 0.258 e. The topological polar surface area (TPSA) is 37.6 Å². The van der Waals surface area contributed by atoms with E-state index in [1.54, 1.807) is 18.2 Å². The van der Waals surface area contributed by atoms with Gasteiger partial charge in [0, 0.05) is 24.8 Å². The summed E-state index contributed by atoms with van der Waals surface area (Å²) in [6.45, 7) is 2.26. The van der Waals surface area contributed by atoms with Crippen LogP contribution in [0.3, 0.4) is 0 Å². The molecule has 0 saturated heterocycles. The average molecular weight is 364 g/mol. The lowest BCUT2D eigenvalue weighted by Gasteiger charge is -2.24. The third-order valence-electron chi connectivity index (χ3n) is 4.18. The molecule has 1 atom stereocenters. The Balaban J connectivity index is 1.86. The lowest BCUT2D eigenvalue weighted by atomic mass is 10.1. The van der Waals surface area contributed by atoms with Gasteiger partial charge in [-0.2, -0.15) is 0 Å². The Morgan fingerprint density at radius 2 is 1.96 bits per heavy atom. The second kappa shape index (κ2) is 6.90. The number of hydrogen-bond acceptors (Lipinski definition) is 3. The molecule has 25 heavy (non-hydrogen) atoms. The number of fused-ring (bicyclic) bond motifs is 1. The highest BCUT2D eigenvalue weighted by atomic mass is 35.5. The molecule has 0 fully saturated rings. The van der Waals surface area contributed by atoms with Crippen molar-refractivity contribution in [2.45, 2.75) is 19.5 Å². The second-order valence-electron chi connectivity index (χ2n) is 5.93. The minimum Gasteiger partial charge on any atom is -0.294 e. The van der Waals surface area contributed by atoms with Crippen molar-refractivity contribution in [1.29, 1.82) is 0 Å². The molecule has 0 bridgehead atoms. The average Bonchev–Trinajstić information content (AvgIpc) is 2.57. The molecule has 4 nitrogen and oxygen atoms in total. The molecule has 0 amide bonds. The van der Waals surface area contributed by atoms with Crippen molar-refractivity contribution >= 4 is 17.2 Å². The quantitative estimate of drug-likeness (QED) is 0.707. The van der Waals surface area contributed by atoms with Crippen molar-refractivity contribution in [2.75, 3.05) is 7.05 Å². The van der Waals surface area contributed by atoms with Crippen LogP contribution in [-0.4, -0.2) is 21.3 Å². The molecule has 130 valence electrons. The zero-order chi connectivity index (χ0) is 18.1. The van der Waals surface area contributed by atoms with E-state index in [1.807, 2.05) is 18.9 Å². The van der Waals surface area contributed by atoms with E-state index in [0.29, 0.717) is 28.5 Å². The molecular formula is C18H16ClF2N3O. The Hall–Kier alpha value is -2.31. The van der Waals surface area contributed by atoms with Crippen LogP contribution in [0.15, 0.2) is 47.4 Å². The van der Waals surface area contributed by atoms with E-state index in [2.05, 4.69) is 4.98 Å². The lowest BCUT2D eigenvalue weighted by molar-refractivity contribution is 0.249. The second-order valence-corrected chi connectivity index (χ2v) is 6.36. The zero-order valence-electron chi connectivity index (χ0n) is 13.7. The zero-order valence-corrected chi connectivity index (χ0v) is 14.5. The Bertz CT molecular complexity index is 990. The summed E-state index contributed by atoms with van der Waals surface area (Å²) in [7, 11) is 1.83. The summed E-state index contributed by atoms with van der Waals surface area (Å²) in [4.78, 5) is 18.6. The van der Waals surface area contributed by atoms with Gasteiger partial charge < -0.3 is 0 Å². The number of pyridine rings is 1. The summed E-state index contributed by atoms with van der Waals surface area (Å²) in [5.41, 5.74) is 1.51. The van der Waals surface area contributed by atoms with E-state index < -0.39 is 11.6 Å². The fraction of sp³-hybridized carbons (Fsp3) is 0.222. The Labute approximate surface area is 148 Å². The third-order valence-corrected chi connectivity index (χ3v) is 4.40. The molecule has 3 aromatic rings. The highest BCUT2D eigenvalue weighted by Crippen LogP contribution is 2.22. The van der Waals surface area contributed by atoms with Gasteiger partial charge in [-0.15, -0.1) is 0 Å². The van der Waals surface area contributed by atoms with Crippen LogP contribution < -0.4 is 5.56 Å². The largest absolute Gasteiger partial charge is 0.294 e. The van der Waals surface area contributed by atoms with Crippen molar-refractivity contribution in [3.63, 3.8) is 0 Å². The molecule has 0 aliphatic carbocycles. The molecular weight excluding hydrogens is 348 g/mol. The van der Waals surface area contributed by atoms with Gasteiger partial charge in [-0.3, -0.25) is 14.1 Å². The summed E-state index contributed by atoms with van der Waals surface area (Å²) >= 11 is 5.89. The molecule has 0 spiro atoms. The predicted octanol–water partition coefficient (Wildman–Crippen LogP) is 3.82. The molecule has 0 radical (unpaired) electrons. The first-order valence-corrected chi connectivity index (χ1v) is 8.06. The van der Waals surface area contributed by atoms with E-state index in [4.69, 9.17) is 11.6 Å². The van der Waals surface area contributed by atoms with E-state index >= 15 is 0 Å². The number of nitrogens with zero attached hydrogens (tertiary/aromatic N) is 3. The highest BCUT2D eigenvalue weighted by molar-refractivity contribution is 6.30. The molecule has 0 aliphatic heterocycles. The summed E-state index contributed by atoms with van der Waals surface area (Å²) in [6, 6.07) is 8.44. The summed E-state index contributed by atoms with van der Waals surface area (Å²) in [5, 5.41) is 0.452. The van der Waals surface area contributed by atoms with E-state index in [-0.39, 0.29) is 11.6 Å². The van der Waals surface area contributed by atoms with Crippen LogP contribution in [0, 0.1) is 11.6 Å². The van der Waals surface area contributed by atoms with Gasteiger partial charge in [0.25, 0.3) is 5.56 Å². The number of benzene rings is 1. The van der Waals surface area contributed by atoms with Crippen molar-refractivity contribution in [1.82, 2.24) is 14.3 Å². The van der Waals surface area contributed by atoms with Gasteiger partial charge in [-0.05, 0) is 43.8 Å². The first-order valence-electron chi connectivity index (χ1n) is 7.68. The summed E-state index contributed by atoms with van der Waals surface area (Å²) in [6.07, 6.45) is 1.52. The highest BCUT2D eigenvalue weighted by Gasteiger charge is 2.15. The van der Waals surface area contributed by atoms with Crippen LogP contribution >= 0.6 is 11.6 Å². The Morgan fingerprint density at radius 3 is 2.68 bits per heavy atom. The lowest BCUT2D eigenvalue weighted by Crippen LogP contribution is -2.24. The molecule has 1 aromatic carbocycles. The molecule has 2 aromatic heterocycles. The van der Waals surface area contributed by atoms with Gasteiger partial charge in [0.05, 0.1) is 10.7 Å². The third kappa shape index (κ3) is 3.70. The first-order chi connectivity index (χ1) is 11.8. The molecule has 0 N–H and O–H groups in total. The maximum atomic E-state index is 13.4. The molecule has 0 unspecified atom stereocenters. The fourth-order valence-electron chi connectivity index (χ4n) is 2.63. The van der Waals surface area contributed by atoms with Crippen LogP contribution in [0.2, 0.25) is 5.02 Å². The van der Waals surface area contributed by atoms with Gasteiger partial charge in [0.1, 0.15) is 5.65 Å².